The van der Waals surface area contributed by atoms with Crippen LogP contribution in [0.25, 0.3) is 0 Å². The minimum absolute atomic E-state index is 0.224. The molecule has 19 heavy (non-hydrogen) atoms. The van der Waals surface area contributed by atoms with Crippen molar-refractivity contribution in [3.63, 3.8) is 0 Å². The maximum Gasteiger partial charge on any atom is 0.316 e. The second-order valence-corrected chi connectivity index (χ2v) is 5.23. The Morgan fingerprint density at radius 2 is 2.11 bits per heavy atom. The summed E-state index contributed by atoms with van der Waals surface area (Å²) >= 11 is 1.15. The van der Waals surface area contributed by atoms with Gasteiger partial charge in [0.05, 0.1) is 12.2 Å². The van der Waals surface area contributed by atoms with Gasteiger partial charge < -0.3 is 15.2 Å². The molecule has 1 atom stereocenters. The number of methoxy groups -OCH3 is 1. The third-order valence-electron chi connectivity index (χ3n) is 2.37. The summed E-state index contributed by atoms with van der Waals surface area (Å²) in [5.41, 5.74) is 0.483. The largest absolute Gasteiger partial charge is 0.480 e. The highest BCUT2D eigenvalue weighted by Gasteiger charge is 2.17. The molecule has 1 aromatic carbocycles. The minimum Gasteiger partial charge on any atom is -0.480 e. The molecule has 0 saturated carbocycles. The van der Waals surface area contributed by atoms with Gasteiger partial charge in [0.25, 0.3) is 5.91 Å². The highest BCUT2D eigenvalue weighted by atomic mass is 32.2. The van der Waals surface area contributed by atoms with Crippen molar-refractivity contribution < 1.29 is 19.4 Å². The standard InChI is InChI=1S/C13H17NO4S/c1-9(13(16)17)19-11-6-4-3-5-10(11)12(15)14-7-8-18-2/h3-6,9H,7-8H2,1-2H3,(H,14,15)(H,16,17). The molecule has 5 nitrogen and oxygen atoms in total. The Bertz CT molecular complexity index is 450. The smallest absolute Gasteiger partial charge is 0.316 e. The molecular weight excluding hydrogens is 266 g/mol. The molecule has 0 fully saturated rings. The zero-order valence-electron chi connectivity index (χ0n) is 10.9. The first-order chi connectivity index (χ1) is 9.06. The molecule has 0 aliphatic rings. The molecule has 0 spiro atoms. The highest BCUT2D eigenvalue weighted by Crippen LogP contribution is 2.26. The topological polar surface area (TPSA) is 75.6 Å². The maximum atomic E-state index is 12.0. The quantitative estimate of drug-likeness (QED) is 0.587. The van der Waals surface area contributed by atoms with Crippen LogP contribution < -0.4 is 5.32 Å². The van der Waals surface area contributed by atoms with Gasteiger partial charge in [-0.3, -0.25) is 9.59 Å². The summed E-state index contributed by atoms with van der Waals surface area (Å²) in [6.07, 6.45) is 0. The summed E-state index contributed by atoms with van der Waals surface area (Å²) in [6.45, 7) is 2.45. The fourth-order valence-corrected chi connectivity index (χ4v) is 2.29. The lowest BCUT2D eigenvalue weighted by Gasteiger charge is -2.11. The van der Waals surface area contributed by atoms with Crippen LogP contribution >= 0.6 is 11.8 Å². The summed E-state index contributed by atoms with van der Waals surface area (Å²) < 4.78 is 4.86. The van der Waals surface area contributed by atoms with Crippen LogP contribution in [0.5, 0.6) is 0 Å². The number of hydrogen-bond acceptors (Lipinski definition) is 4. The summed E-state index contributed by atoms with van der Waals surface area (Å²) in [4.78, 5) is 23.5. The first kappa shape index (κ1) is 15.5. The average molecular weight is 283 g/mol. The molecule has 1 aromatic rings. The predicted molar refractivity (Wildman–Crippen MR) is 73.6 cm³/mol. The molecule has 0 aliphatic heterocycles. The lowest BCUT2D eigenvalue weighted by atomic mass is 10.2. The number of nitrogens with one attached hydrogen (secondary N) is 1. The number of thioether (sulfide) groups is 1. The lowest BCUT2D eigenvalue weighted by Crippen LogP contribution is -2.27. The van der Waals surface area contributed by atoms with Crippen molar-refractivity contribution in [2.75, 3.05) is 20.3 Å². The first-order valence-corrected chi connectivity index (χ1v) is 6.70. The van der Waals surface area contributed by atoms with Crippen molar-refractivity contribution >= 4 is 23.6 Å². The van der Waals surface area contributed by atoms with E-state index in [1.54, 1.807) is 38.3 Å². The van der Waals surface area contributed by atoms with Crippen molar-refractivity contribution in [2.24, 2.45) is 0 Å². The number of amides is 1. The van der Waals surface area contributed by atoms with E-state index in [0.29, 0.717) is 23.6 Å². The van der Waals surface area contributed by atoms with Gasteiger partial charge in [-0.25, -0.2) is 0 Å². The number of benzene rings is 1. The van der Waals surface area contributed by atoms with Crippen molar-refractivity contribution in [1.82, 2.24) is 5.32 Å². The van der Waals surface area contributed by atoms with E-state index in [1.807, 2.05) is 0 Å². The summed E-state index contributed by atoms with van der Waals surface area (Å²) in [5.74, 6) is -1.13. The first-order valence-electron chi connectivity index (χ1n) is 5.82. The highest BCUT2D eigenvalue weighted by molar-refractivity contribution is 8.00. The number of carboxylic acids is 1. The molecule has 1 amide bonds. The number of carbonyl (C=O) groups excluding carboxylic acids is 1. The Morgan fingerprint density at radius 3 is 2.74 bits per heavy atom. The molecule has 0 heterocycles. The van der Waals surface area contributed by atoms with E-state index in [1.165, 1.54) is 0 Å². The van der Waals surface area contributed by atoms with Crippen LogP contribution in [0.2, 0.25) is 0 Å². The molecule has 1 unspecified atom stereocenters. The molecule has 1 rings (SSSR count). The summed E-state index contributed by atoms with van der Waals surface area (Å²) in [7, 11) is 1.56. The van der Waals surface area contributed by atoms with Gasteiger partial charge in [-0.05, 0) is 19.1 Å². The van der Waals surface area contributed by atoms with E-state index in [0.717, 1.165) is 11.8 Å². The normalized spacial score (nSPS) is 11.9. The molecular formula is C13H17NO4S. The fourth-order valence-electron chi connectivity index (χ4n) is 1.36. The Hall–Kier alpha value is -1.53. The van der Waals surface area contributed by atoms with E-state index < -0.39 is 11.2 Å². The third-order valence-corrected chi connectivity index (χ3v) is 3.54. The van der Waals surface area contributed by atoms with Crippen molar-refractivity contribution in [3.8, 4) is 0 Å². The van der Waals surface area contributed by atoms with Crippen LogP contribution in [0, 0.1) is 0 Å². The van der Waals surface area contributed by atoms with E-state index in [2.05, 4.69) is 5.32 Å². The van der Waals surface area contributed by atoms with Crippen molar-refractivity contribution in [3.05, 3.63) is 29.8 Å². The molecule has 0 aliphatic carbocycles. The van der Waals surface area contributed by atoms with Crippen LogP contribution in [0.15, 0.2) is 29.2 Å². The van der Waals surface area contributed by atoms with E-state index in [-0.39, 0.29) is 5.91 Å². The van der Waals surface area contributed by atoms with Gasteiger partial charge in [0.1, 0.15) is 5.25 Å². The van der Waals surface area contributed by atoms with E-state index in [4.69, 9.17) is 9.84 Å². The molecule has 2 N–H and O–H groups in total. The SMILES string of the molecule is COCCNC(=O)c1ccccc1SC(C)C(=O)O. The lowest BCUT2D eigenvalue weighted by molar-refractivity contribution is -0.136. The average Bonchev–Trinajstić information content (AvgIpc) is 2.39. The monoisotopic (exact) mass is 283 g/mol. The molecule has 6 heteroatoms. The molecule has 0 radical (unpaired) electrons. The Kier molecular flexibility index (Phi) is 6.38. The van der Waals surface area contributed by atoms with Crippen LogP contribution in [0.4, 0.5) is 0 Å². The van der Waals surface area contributed by atoms with Gasteiger partial charge >= 0.3 is 5.97 Å². The van der Waals surface area contributed by atoms with Gasteiger partial charge in [0.2, 0.25) is 0 Å². The van der Waals surface area contributed by atoms with Crippen LogP contribution in [-0.2, 0) is 9.53 Å². The summed E-state index contributed by atoms with van der Waals surface area (Å²) in [5, 5.41) is 11.0. The molecule has 0 aromatic heterocycles. The fraction of sp³-hybridized carbons (Fsp3) is 0.385. The number of aliphatic carboxylic acids is 1. The number of carboxylic acid groups (broad SMARTS) is 1. The van der Waals surface area contributed by atoms with Crippen LogP contribution in [-0.4, -0.2) is 42.5 Å². The van der Waals surface area contributed by atoms with Crippen LogP contribution in [0.3, 0.4) is 0 Å². The second kappa shape index (κ2) is 7.81. The zero-order valence-corrected chi connectivity index (χ0v) is 11.7. The van der Waals surface area contributed by atoms with Crippen molar-refractivity contribution in [1.29, 1.82) is 0 Å². The van der Waals surface area contributed by atoms with Gasteiger partial charge in [0, 0.05) is 18.6 Å². The molecule has 0 bridgehead atoms. The second-order valence-electron chi connectivity index (χ2n) is 3.84. The van der Waals surface area contributed by atoms with Crippen LogP contribution in [0.1, 0.15) is 17.3 Å². The number of carbonyl (C=O) groups is 2. The van der Waals surface area contributed by atoms with Crippen molar-refractivity contribution in [2.45, 2.75) is 17.1 Å². The Morgan fingerprint density at radius 1 is 1.42 bits per heavy atom. The van der Waals surface area contributed by atoms with Gasteiger partial charge in [0.15, 0.2) is 0 Å². The third kappa shape index (κ3) is 4.92. The van der Waals surface area contributed by atoms with Gasteiger partial charge in [-0.1, -0.05) is 12.1 Å². The Labute approximate surface area is 116 Å². The maximum absolute atomic E-state index is 12.0. The van der Waals surface area contributed by atoms with Gasteiger partial charge in [-0.2, -0.15) is 0 Å². The number of hydrogen-bond donors (Lipinski definition) is 2. The van der Waals surface area contributed by atoms with Gasteiger partial charge in [-0.15, -0.1) is 11.8 Å². The summed E-state index contributed by atoms with van der Waals surface area (Å²) in [6, 6.07) is 6.96. The Balaban J connectivity index is 2.77. The molecule has 104 valence electrons. The van der Waals surface area contributed by atoms with E-state index in [9.17, 15) is 9.59 Å². The minimum atomic E-state index is -0.903. The van der Waals surface area contributed by atoms with E-state index >= 15 is 0 Å². The molecule has 0 saturated heterocycles. The zero-order chi connectivity index (χ0) is 14.3. The number of ether oxygens (including phenoxy) is 1. The number of rotatable bonds is 7. The predicted octanol–water partition coefficient (Wildman–Crippen LogP) is 1.63.